The maximum absolute atomic E-state index is 12.0. The number of anilines is 1. The second kappa shape index (κ2) is 6.23. The van der Waals surface area contributed by atoms with Gasteiger partial charge in [-0.1, -0.05) is 12.1 Å². The predicted octanol–water partition coefficient (Wildman–Crippen LogP) is 2.31. The highest BCUT2D eigenvalue weighted by molar-refractivity contribution is 5.60. The summed E-state index contributed by atoms with van der Waals surface area (Å²) >= 11 is 0. The number of ether oxygens (including phenoxy) is 3. The van der Waals surface area contributed by atoms with Crippen LogP contribution in [0, 0.1) is 0 Å². The van der Waals surface area contributed by atoms with Crippen molar-refractivity contribution in [3.63, 3.8) is 0 Å². The van der Waals surface area contributed by atoms with Crippen LogP contribution in [0.1, 0.15) is 0 Å². The number of methoxy groups -OCH3 is 1. The molecule has 0 aliphatic carbocycles. The van der Waals surface area contributed by atoms with Crippen molar-refractivity contribution in [1.82, 2.24) is 9.78 Å². The Morgan fingerprint density at radius 3 is 2.92 bits per heavy atom. The smallest absolute Gasteiger partial charge is 0.439 e. The van der Waals surface area contributed by atoms with Crippen molar-refractivity contribution in [3.8, 4) is 28.7 Å². The molecule has 25 heavy (non-hydrogen) atoms. The molecular weight excluding hydrogens is 326 g/mol. The van der Waals surface area contributed by atoms with Crippen molar-refractivity contribution in [2.45, 2.75) is 6.67 Å². The van der Waals surface area contributed by atoms with Gasteiger partial charge in [0.25, 0.3) is 0 Å². The summed E-state index contributed by atoms with van der Waals surface area (Å²) in [6.07, 6.45) is 0. The molecular formula is C17H15N3O5. The number of rotatable bonds is 5. The average Bonchev–Trinajstić information content (AvgIpc) is 3.25. The standard InChI is InChI=1S/C17H15N3O5/c1-22-13-5-3-2-4-12(13)18-9-20-17(21)25-16(19-20)11-6-7-14-15(8-11)24-10-23-14/h2-8,18H,9-10H2,1H3. The van der Waals surface area contributed by atoms with E-state index in [1.807, 2.05) is 24.3 Å². The van der Waals surface area contributed by atoms with E-state index in [4.69, 9.17) is 18.6 Å². The third-order valence-electron chi connectivity index (χ3n) is 3.75. The van der Waals surface area contributed by atoms with Gasteiger partial charge in [0.1, 0.15) is 12.4 Å². The maximum atomic E-state index is 12.0. The predicted molar refractivity (Wildman–Crippen MR) is 88.9 cm³/mol. The molecule has 0 saturated heterocycles. The van der Waals surface area contributed by atoms with Crippen LogP contribution in [-0.4, -0.2) is 23.7 Å². The van der Waals surface area contributed by atoms with E-state index < -0.39 is 5.76 Å². The lowest BCUT2D eigenvalue weighted by atomic mass is 10.2. The summed E-state index contributed by atoms with van der Waals surface area (Å²) in [7, 11) is 1.58. The van der Waals surface area contributed by atoms with Crippen LogP contribution in [0.4, 0.5) is 5.69 Å². The van der Waals surface area contributed by atoms with Crippen LogP contribution in [0.2, 0.25) is 0 Å². The highest BCUT2D eigenvalue weighted by Crippen LogP contribution is 2.35. The van der Waals surface area contributed by atoms with Crippen LogP contribution in [-0.2, 0) is 6.67 Å². The van der Waals surface area contributed by atoms with Gasteiger partial charge in [-0.25, -0.2) is 4.79 Å². The molecule has 1 aliphatic rings. The Hall–Kier alpha value is -3.42. The molecule has 0 bridgehead atoms. The molecule has 4 rings (SSSR count). The second-order valence-electron chi connectivity index (χ2n) is 5.28. The average molecular weight is 341 g/mol. The Morgan fingerprint density at radius 1 is 1.20 bits per heavy atom. The van der Waals surface area contributed by atoms with Gasteiger partial charge < -0.3 is 23.9 Å². The zero-order valence-corrected chi connectivity index (χ0v) is 13.4. The van der Waals surface area contributed by atoms with Gasteiger partial charge in [-0.3, -0.25) is 0 Å². The zero-order chi connectivity index (χ0) is 17.2. The summed E-state index contributed by atoms with van der Waals surface area (Å²) in [6.45, 7) is 0.327. The molecule has 1 aromatic heterocycles. The largest absolute Gasteiger partial charge is 0.495 e. The van der Waals surface area contributed by atoms with Gasteiger partial charge in [0.15, 0.2) is 11.5 Å². The highest BCUT2D eigenvalue weighted by atomic mass is 16.7. The van der Waals surface area contributed by atoms with Crippen molar-refractivity contribution in [2.24, 2.45) is 0 Å². The number of nitrogens with zero attached hydrogens (tertiary/aromatic N) is 2. The summed E-state index contributed by atoms with van der Waals surface area (Å²) in [5.41, 5.74) is 1.39. The molecule has 0 unspecified atom stereocenters. The number of benzene rings is 2. The first-order chi connectivity index (χ1) is 12.2. The first-order valence-corrected chi connectivity index (χ1v) is 7.59. The molecule has 0 fully saturated rings. The molecule has 2 heterocycles. The monoisotopic (exact) mass is 341 g/mol. The Bertz CT molecular complexity index is 963. The lowest BCUT2D eigenvalue weighted by Crippen LogP contribution is -2.20. The molecule has 1 aliphatic heterocycles. The molecule has 2 aromatic carbocycles. The lowest BCUT2D eigenvalue weighted by Gasteiger charge is -2.09. The number of fused-ring (bicyclic) bond motifs is 1. The van der Waals surface area contributed by atoms with E-state index in [1.54, 1.807) is 25.3 Å². The number of para-hydroxylation sites is 2. The van der Waals surface area contributed by atoms with Crippen LogP contribution in [0.5, 0.6) is 17.2 Å². The van der Waals surface area contributed by atoms with Crippen molar-refractivity contribution >= 4 is 5.69 Å². The Labute approximate surface area is 142 Å². The maximum Gasteiger partial charge on any atom is 0.439 e. The van der Waals surface area contributed by atoms with Gasteiger partial charge in [-0.05, 0) is 30.3 Å². The third kappa shape index (κ3) is 2.89. The molecule has 3 aromatic rings. The van der Waals surface area contributed by atoms with E-state index >= 15 is 0 Å². The van der Waals surface area contributed by atoms with Crippen molar-refractivity contribution in [1.29, 1.82) is 0 Å². The number of hydrogen-bond donors (Lipinski definition) is 1. The van der Waals surface area contributed by atoms with E-state index in [1.165, 1.54) is 4.68 Å². The van der Waals surface area contributed by atoms with E-state index in [-0.39, 0.29) is 19.4 Å². The summed E-state index contributed by atoms with van der Waals surface area (Å²) in [4.78, 5) is 12.0. The first-order valence-electron chi connectivity index (χ1n) is 7.59. The Morgan fingerprint density at radius 2 is 2.04 bits per heavy atom. The molecule has 8 heteroatoms. The number of nitrogens with one attached hydrogen (secondary N) is 1. The molecule has 0 spiro atoms. The normalized spacial score (nSPS) is 12.2. The van der Waals surface area contributed by atoms with E-state index in [0.29, 0.717) is 22.8 Å². The lowest BCUT2D eigenvalue weighted by molar-refractivity contribution is 0.174. The van der Waals surface area contributed by atoms with Gasteiger partial charge in [0, 0.05) is 5.56 Å². The minimum atomic E-state index is -0.560. The van der Waals surface area contributed by atoms with E-state index in [2.05, 4.69) is 10.4 Å². The summed E-state index contributed by atoms with van der Waals surface area (Å²) < 4.78 is 22.3. The van der Waals surface area contributed by atoms with Gasteiger partial charge in [0.05, 0.1) is 12.8 Å². The zero-order valence-electron chi connectivity index (χ0n) is 13.4. The second-order valence-corrected chi connectivity index (χ2v) is 5.28. The molecule has 0 atom stereocenters. The highest BCUT2D eigenvalue weighted by Gasteiger charge is 2.17. The molecule has 8 nitrogen and oxygen atoms in total. The van der Waals surface area contributed by atoms with E-state index in [0.717, 1.165) is 5.69 Å². The summed E-state index contributed by atoms with van der Waals surface area (Å²) in [5, 5.41) is 7.31. The summed E-state index contributed by atoms with van der Waals surface area (Å²) in [6, 6.07) is 12.7. The van der Waals surface area contributed by atoms with Gasteiger partial charge in [-0.15, -0.1) is 5.10 Å². The number of hydrogen-bond acceptors (Lipinski definition) is 7. The minimum absolute atomic E-state index is 0.146. The van der Waals surface area contributed by atoms with Crippen LogP contribution in [0.15, 0.2) is 51.7 Å². The SMILES string of the molecule is COc1ccccc1NCn1nc(-c2ccc3c(c2)OCO3)oc1=O. The van der Waals surface area contributed by atoms with Crippen LogP contribution < -0.4 is 25.3 Å². The fraction of sp³-hybridized carbons (Fsp3) is 0.176. The minimum Gasteiger partial charge on any atom is -0.495 e. The van der Waals surface area contributed by atoms with Crippen LogP contribution in [0.25, 0.3) is 11.5 Å². The number of aromatic nitrogens is 2. The van der Waals surface area contributed by atoms with Crippen molar-refractivity contribution in [2.75, 3.05) is 19.2 Å². The van der Waals surface area contributed by atoms with Crippen LogP contribution in [0.3, 0.4) is 0 Å². The van der Waals surface area contributed by atoms with Gasteiger partial charge >= 0.3 is 5.76 Å². The quantitative estimate of drug-likeness (QED) is 0.762. The van der Waals surface area contributed by atoms with Gasteiger partial charge in [-0.2, -0.15) is 4.68 Å². The molecule has 0 radical (unpaired) electrons. The molecule has 0 amide bonds. The molecule has 128 valence electrons. The Kier molecular flexibility index (Phi) is 3.77. The first kappa shape index (κ1) is 15.1. The summed E-state index contributed by atoms with van der Waals surface area (Å²) in [5.74, 6) is 1.58. The van der Waals surface area contributed by atoms with Crippen LogP contribution >= 0.6 is 0 Å². The Balaban J connectivity index is 1.55. The molecule has 0 saturated carbocycles. The van der Waals surface area contributed by atoms with Crippen molar-refractivity contribution in [3.05, 3.63) is 53.0 Å². The molecule has 1 N–H and O–H groups in total. The van der Waals surface area contributed by atoms with E-state index in [9.17, 15) is 4.79 Å². The fourth-order valence-electron chi connectivity index (χ4n) is 2.50. The van der Waals surface area contributed by atoms with Crippen molar-refractivity contribution < 1.29 is 18.6 Å². The fourth-order valence-corrected chi connectivity index (χ4v) is 2.50. The van der Waals surface area contributed by atoms with Gasteiger partial charge in [0.2, 0.25) is 12.7 Å². The third-order valence-corrected chi connectivity index (χ3v) is 3.75. The topological polar surface area (TPSA) is 87.8 Å².